The number of sulfonamides is 1. The smallest absolute Gasteiger partial charge is 0.244 e. The van der Waals surface area contributed by atoms with Crippen LogP contribution in [0.1, 0.15) is 37.6 Å². The lowest BCUT2D eigenvalue weighted by molar-refractivity contribution is 0.570. The van der Waals surface area contributed by atoms with Crippen molar-refractivity contribution in [3.8, 4) is 0 Å². The van der Waals surface area contributed by atoms with Crippen LogP contribution in [0.4, 0.5) is 0 Å². The van der Waals surface area contributed by atoms with Crippen LogP contribution < -0.4 is 10.0 Å². The van der Waals surface area contributed by atoms with Crippen LogP contribution >= 0.6 is 0 Å². The summed E-state index contributed by atoms with van der Waals surface area (Å²) in [4.78, 5) is 0.295. The Morgan fingerprint density at radius 1 is 1.47 bits per heavy atom. The van der Waals surface area contributed by atoms with Gasteiger partial charge in [0.15, 0.2) is 0 Å². The Balaban J connectivity index is 2.14. The summed E-state index contributed by atoms with van der Waals surface area (Å²) in [5.41, 5.74) is 1.13. The van der Waals surface area contributed by atoms with E-state index in [2.05, 4.69) is 27.2 Å². The highest BCUT2D eigenvalue weighted by Crippen LogP contribution is 2.36. The Morgan fingerprint density at radius 2 is 2.21 bits per heavy atom. The van der Waals surface area contributed by atoms with Crippen molar-refractivity contribution >= 4 is 10.0 Å². The molecule has 1 aromatic heterocycles. The summed E-state index contributed by atoms with van der Waals surface area (Å²) < 4.78 is 27.6. The van der Waals surface area contributed by atoms with E-state index >= 15 is 0 Å². The molecule has 6 nitrogen and oxygen atoms in total. The van der Waals surface area contributed by atoms with Crippen LogP contribution in [0.5, 0.6) is 0 Å². The third-order valence-electron chi connectivity index (χ3n) is 3.46. The molecule has 2 unspecified atom stereocenters. The van der Waals surface area contributed by atoms with Crippen molar-refractivity contribution in [2.24, 2.45) is 5.92 Å². The second-order valence-corrected chi connectivity index (χ2v) is 6.82. The lowest BCUT2D eigenvalue weighted by atomic mass is 10.2. The zero-order valence-corrected chi connectivity index (χ0v) is 12.5. The van der Waals surface area contributed by atoms with Crippen LogP contribution in [-0.2, 0) is 16.6 Å². The molecule has 0 saturated heterocycles. The Bertz CT molecular complexity index is 538. The van der Waals surface area contributed by atoms with Crippen molar-refractivity contribution in [1.29, 1.82) is 0 Å². The molecule has 1 aromatic rings. The van der Waals surface area contributed by atoms with E-state index in [1.54, 1.807) is 14.0 Å². The summed E-state index contributed by atoms with van der Waals surface area (Å²) in [6, 6.07) is 0.0988. The van der Waals surface area contributed by atoms with Gasteiger partial charge in [-0.25, -0.2) is 13.1 Å². The lowest BCUT2D eigenvalue weighted by Gasteiger charge is -2.07. The Hall–Kier alpha value is -0.920. The minimum Gasteiger partial charge on any atom is -0.314 e. The Labute approximate surface area is 114 Å². The van der Waals surface area contributed by atoms with E-state index < -0.39 is 10.0 Å². The first-order valence-electron chi connectivity index (χ1n) is 6.70. The minimum absolute atomic E-state index is 0.0988. The molecule has 1 saturated carbocycles. The number of H-pyrrole nitrogens is 1. The molecule has 2 rings (SSSR count). The number of nitrogens with one attached hydrogen (secondary N) is 3. The van der Waals surface area contributed by atoms with Crippen LogP contribution in [0, 0.1) is 12.8 Å². The van der Waals surface area contributed by atoms with E-state index in [1.807, 2.05) is 0 Å². The molecule has 7 heteroatoms. The average Bonchev–Trinajstić information content (AvgIpc) is 2.91. The molecule has 1 aliphatic rings. The summed E-state index contributed by atoms with van der Waals surface area (Å²) in [6.07, 6.45) is 3.13. The van der Waals surface area contributed by atoms with Gasteiger partial charge >= 0.3 is 0 Å². The van der Waals surface area contributed by atoms with Gasteiger partial charge in [0.2, 0.25) is 10.0 Å². The molecule has 1 aliphatic carbocycles. The van der Waals surface area contributed by atoms with Gasteiger partial charge in [0.25, 0.3) is 0 Å². The van der Waals surface area contributed by atoms with E-state index in [9.17, 15) is 8.42 Å². The number of aromatic nitrogens is 2. The van der Waals surface area contributed by atoms with Crippen LogP contribution in [0.15, 0.2) is 4.90 Å². The maximum atomic E-state index is 12.4. The van der Waals surface area contributed by atoms with E-state index in [-0.39, 0.29) is 6.04 Å². The van der Waals surface area contributed by atoms with Gasteiger partial charge in [0.1, 0.15) is 4.90 Å². The number of aryl methyl sites for hydroxylation is 1. The van der Waals surface area contributed by atoms with Crippen LogP contribution in [0.2, 0.25) is 0 Å². The average molecular weight is 286 g/mol. The third-order valence-corrected chi connectivity index (χ3v) is 5.16. The number of nitrogens with zero attached hydrogens (tertiary/aromatic N) is 1. The molecule has 0 aromatic carbocycles. The second kappa shape index (κ2) is 5.60. The Morgan fingerprint density at radius 3 is 2.84 bits per heavy atom. The highest BCUT2D eigenvalue weighted by atomic mass is 32.2. The van der Waals surface area contributed by atoms with Gasteiger partial charge in [-0.15, -0.1) is 0 Å². The summed E-state index contributed by atoms with van der Waals surface area (Å²) in [6.45, 7) is 4.29. The molecule has 1 heterocycles. The quantitative estimate of drug-likeness (QED) is 0.695. The SMILES string of the molecule is CCCC1CC1NS(=O)(=O)c1c(CNC)n[nH]c1C. The van der Waals surface area contributed by atoms with Gasteiger partial charge in [-0.2, -0.15) is 5.10 Å². The molecule has 108 valence electrons. The minimum atomic E-state index is -3.47. The third kappa shape index (κ3) is 3.16. The van der Waals surface area contributed by atoms with E-state index in [1.165, 1.54) is 0 Å². The van der Waals surface area contributed by atoms with E-state index in [0.29, 0.717) is 28.7 Å². The molecule has 19 heavy (non-hydrogen) atoms. The molecule has 3 N–H and O–H groups in total. The second-order valence-electron chi connectivity index (χ2n) is 5.17. The van der Waals surface area contributed by atoms with Gasteiger partial charge in [-0.1, -0.05) is 13.3 Å². The van der Waals surface area contributed by atoms with Crippen molar-refractivity contribution < 1.29 is 8.42 Å². The number of rotatable bonds is 7. The number of hydrogen-bond donors (Lipinski definition) is 3. The van der Waals surface area contributed by atoms with Crippen molar-refractivity contribution in [1.82, 2.24) is 20.2 Å². The first kappa shape index (κ1) is 14.5. The monoisotopic (exact) mass is 286 g/mol. The van der Waals surface area contributed by atoms with Crippen LogP contribution in [0.25, 0.3) is 0 Å². The maximum Gasteiger partial charge on any atom is 0.244 e. The number of hydrogen-bond acceptors (Lipinski definition) is 4. The zero-order valence-electron chi connectivity index (χ0n) is 11.7. The number of aromatic amines is 1. The van der Waals surface area contributed by atoms with Gasteiger partial charge in [-0.05, 0) is 32.7 Å². The van der Waals surface area contributed by atoms with Crippen LogP contribution in [-0.4, -0.2) is 31.7 Å². The summed E-state index contributed by atoms with van der Waals surface area (Å²) >= 11 is 0. The van der Waals surface area contributed by atoms with Gasteiger partial charge in [-0.3, -0.25) is 5.10 Å². The molecule has 1 fully saturated rings. The summed E-state index contributed by atoms with van der Waals surface area (Å²) in [5.74, 6) is 0.500. The standard InChI is InChI=1S/C12H22N4O2S/c1-4-5-9-6-10(9)16-19(17,18)12-8(2)14-15-11(12)7-13-3/h9-10,13,16H,4-7H2,1-3H3,(H,14,15). The van der Waals surface area contributed by atoms with E-state index in [0.717, 1.165) is 19.3 Å². The van der Waals surface area contributed by atoms with Gasteiger partial charge in [0.05, 0.1) is 11.4 Å². The molecule has 0 radical (unpaired) electrons. The highest BCUT2D eigenvalue weighted by Gasteiger charge is 2.40. The van der Waals surface area contributed by atoms with Crippen molar-refractivity contribution in [3.63, 3.8) is 0 Å². The molecule has 0 amide bonds. The fraction of sp³-hybridized carbons (Fsp3) is 0.750. The predicted octanol–water partition coefficient (Wildman–Crippen LogP) is 0.904. The molecular formula is C12H22N4O2S. The van der Waals surface area contributed by atoms with Crippen molar-refractivity contribution in [3.05, 3.63) is 11.4 Å². The predicted molar refractivity (Wildman–Crippen MR) is 73.2 cm³/mol. The maximum absolute atomic E-state index is 12.4. The normalized spacial score (nSPS) is 22.7. The largest absolute Gasteiger partial charge is 0.314 e. The fourth-order valence-electron chi connectivity index (χ4n) is 2.45. The van der Waals surface area contributed by atoms with Gasteiger partial charge in [0, 0.05) is 12.6 Å². The molecule has 0 spiro atoms. The summed E-state index contributed by atoms with van der Waals surface area (Å²) in [7, 11) is -1.70. The molecule has 2 atom stereocenters. The molecule has 0 aliphatic heterocycles. The highest BCUT2D eigenvalue weighted by molar-refractivity contribution is 7.89. The van der Waals surface area contributed by atoms with Crippen molar-refractivity contribution in [2.45, 2.75) is 50.6 Å². The first-order chi connectivity index (χ1) is 8.99. The lowest BCUT2D eigenvalue weighted by Crippen LogP contribution is -2.28. The van der Waals surface area contributed by atoms with Crippen LogP contribution in [0.3, 0.4) is 0 Å². The molecular weight excluding hydrogens is 264 g/mol. The first-order valence-corrected chi connectivity index (χ1v) is 8.18. The summed E-state index contributed by atoms with van der Waals surface area (Å²) in [5, 5.41) is 9.73. The Kier molecular flexibility index (Phi) is 4.27. The van der Waals surface area contributed by atoms with Crippen molar-refractivity contribution in [2.75, 3.05) is 7.05 Å². The van der Waals surface area contributed by atoms with Gasteiger partial charge < -0.3 is 5.32 Å². The fourth-order valence-corrected chi connectivity index (χ4v) is 4.14. The topological polar surface area (TPSA) is 86.9 Å². The van der Waals surface area contributed by atoms with E-state index in [4.69, 9.17) is 0 Å². The zero-order chi connectivity index (χ0) is 14.0. The molecule has 0 bridgehead atoms.